The summed E-state index contributed by atoms with van der Waals surface area (Å²) in [6.45, 7) is 8.24. The minimum absolute atomic E-state index is 0.0618. The molecule has 0 aliphatic carbocycles. The van der Waals surface area contributed by atoms with Crippen molar-refractivity contribution in [3.05, 3.63) is 12.7 Å². The van der Waals surface area contributed by atoms with Crippen molar-refractivity contribution in [1.82, 2.24) is 0 Å². The van der Waals surface area contributed by atoms with Gasteiger partial charge in [-0.1, -0.05) is 45.6 Å². The third kappa shape index (κ3) is 4.47. The van der Waals surface area contributed by atoms with Gasteiger partial charge in [0.1, 0.15) is 0 Å². The first-order valence-electron chi connectivity index (χ1n) is 5.43. The largest absolute Gasteiger partial charge is 0.374 e. The lowest BCUT2D eigenvalue weighted by Gasteiger charge is -2.27. The van der Waals surface area contributed by atoms with Crippen LogP contribution in [0.15, 0.2) is 12.7 Å². The van der Waals surface area contributed by atoms with Crippen LogP contribution in [0.1, 0.15) is 52.4 Å². The number of hydrogen-bond donors (Lipinski definition) is 0. The summed E-state index contributed by atoms with van der Waals surface area (Å²) < 4.78 is 5.50. The third-order valence-corrected chi connectivity index (χ3v) is 2.83. The molecule has 0 aliphatic rings. The number of ether oxygens (including phenoxy) is 1. The van der Waals surface area contributed by atoms with E-state index in [4.69, 9.17) is 4.74 Å². The summed E-state index contributed by atoms with van der Waals surface area (Å²) in [5, 5.41) is 0. The van der Waals surface area contributed by atoms with Crippen LogP contribution in [0.4, 0.5) is 0 Å². The molecule has 1 heteroatoms. The van der Waals surface area contributed by atoms with Crippen molar-refractivity contribution < 1.29 is 4.74 Å². The Kier molecular flexibility index (Phi) is 6.97. The van der Waals surface area contributed by atoms with Crippen LogP contribution in [-0.2, 0) is 4.74 Å². The van der Waals surface area contributed by atoms with Crippen molar-refractivity contribution in [3.63, 3.8) is 0 Å². The topological polar surface area (TPSA) is 9.23 Å². The van der Waals surface area contributed by atoms with E-state index in [2.05, 4.69) is 20.4 Å². The molecule has 0 N–H and O–H groups in total. The molecule has 1 nitrogen and oxygen atoms in total. The molecular formula is C12H24O. The highest BCUT2D eigenvalue weighted by Gasteiger charge is 2.22. The summed E-state index contributed by atoms with van der Waals surface area (Å²) in [7, 11) is 1.78. The van der Waals surface area contributed by atoms with Crippen LogP contribution >= 0.6 is 0 Å². The lowest BCUT2D eigenvalue weighted by Crippen LogP contribution is -2.27. The third-order valence-electron chi connectivity index (χ3n) is 2.83. The van der Waals surface area contributed by atoms with Gasteiger partial charge in [0.2, 0.25) is 0 Å². The van der Waals surface area contributed by atoms with E-state index in [1.54, 1.807) is 7.11 Å². The number of methoxy groups -OCH3 is 1. The Morgan fingerprint density at radius 1 is 1.23 bits per heavy atom. The first-order valence-corrected chi connectivity index (χ1v) is 5.43. The maximum atomic E-state index is 5.50. The maximum Gasteiger partial charge on any atom is 0.0853 e. The average Bonchev–Trinajstić information content (AvgIpc) is 2.20. The highest BCUT2D eigenvalue weighted by Crippen LogP contribution is 2.24. The van der Waals surface area contributed by atoms with E-state index < -0.39 is 0 Å². The van der Waals surface area contributed by atoms with Gasteiger partial charge in [-0.3, -0.25) is 0 Å². The number of rotatable bonds is 8. The van der Waals surface area contributed by atoms with E-state index in [9.17, 15) is 0 Å². The molecule has 1 unspecified atom stereocenters. The Bertz CT molecular complexity index is 125. The van der Waals surface area contributed by atoms with Gasteiger partial charge >= 0.3 is 0 Å². The van der Waals surface area contributed by atoms with Gasteiger partial charge in [0.15, 0.2) is 0 Å². The first kappa shape index (κ1) is 12.7. The van der Waals surface area contributed by atoms with Crippen LogP contribution < -0.4 is 0 Å². The first-order chi connectivity index (χ1) is 6.24. The maximum absolute atomic E-state index is 5.50. The van der Waals surface area contributed by atoms with Crippen LogP contribution in [0, 0.1) is 0 Å². The summed E-state index contributed by atoms with van der Waals surface area (Å²) in [6.07, 6.45) is 9.29. The Morgan fingerprint density at radius 2 is 1.92 bits per heavy atom. The highest BCUT2D eigenvalue weighted by atomic mass is 16.5. The normalized spacial score (nSPS) is 15.3. The fourth-order valence-corrected chi connectivity index (χ4v) is 1.60. The standard InChI is InChI=1S/C12H24O/c1-5-8-9-10-11-12(6-2,7-3)13-4/h6H,2,5,7-11H2,1,3-4H3. The van der Waals surface area contributed by atoms with Crippen LogP contribution in [0.3, 0.4) is 0 Å². The van der Waals surface area contributed by atoms with Gasteiger partial charge in [0, 0.05) is 7.11 Å². The van der Waals surface area contributed by atoms with Gasteiger partial charge < -0.3 is 4.74 Å². The highest BCUT2D eigenvalue weighted by molar-refractivity contribution is 4.95. The Labute approximate surface area is 83.2 Å². The van der Waals surface area contributed by atoms with E-state index in [0.29, 0.717) is 0 Å². The lowest BCUT2D eigenvalue weighted by molar-refractivity contribution is 0.0199. The van der Waals surface area contributed by atoms with Gasteiger partial charge in [-0.2, -0.15) is 0 Å². The molecule has 0 fully saturated rings. The van der Waals surface area contributed by atoms with Crippen molar-refractivity contribution in [1.29, 1.82) is 0 Å². The second kappa shape index (κ2) is 7.14. The molecule has 78 valence electrons. The summed E-state index contributed by atoms with van der Waals surface area (Å²) in [4.78, 5) is 0. The number of unbranched alkanes of at least 4 members (excludes halogenated alkanes) is 3. The van der Waals surface area contributed by atoms with Gasteiger partial charge in [-0.15, -0.1) is 6.58 Å². The molecule has 13 heavy (non-hydrogen) atoms. The van der Waals surface area contributed by atoms with Gasteiger partial charge in [0.25, 0.3) is 0 Å². The van der Waals surface area contributed by atoms with Crippen molar-refractivity contribution in [3.8, 4) is 0 Å². The molecule has 0 radical (unpaired) electrons. The molecule has 0 amide bonds. The molecule has 0 rings (SSSR count). The Balaban J connectivity index is 3.75. The van der Waals surface area contributed by atoms with Gasteiger partial charge in [-0.05, 0) is 12.8 Å². The summed E-state index contributed by atoms with van der Waals surface area (Å²) in [5.41, 5.74) is -0.0618. The number of hydrogen-bond acceptors (Lipinski definition) is 1. The molecule has 0 aromatic rings. The average molecular weight is 184 g/mol. The molecule has 0 saturated heterocycles. The molecule has 0 aromatic carbocycles. The monoisotopic (exact) mass is 184 g/mol. The zero-order valence-corrected chi connectivity index (χ0v) is 9.44. The molecule has 0 heterocycles. The van der Waals surface area contributed by atoms with Crippen LogP contribution in [0.2, 0.25) is 0 Å². The predicted octanol–water partition coefficient (Wildman–Crippen LogP) is 3.94. The minimum Gasteiger partial charge on any atom is -0.374 e. The molecular weight excluding hydrogens is 160 g/mol. The fourth-order valence-electron chi connectivity index (χ4n) is 1.60. The van der Waals surface area contributed by atoms with E-state index in [-0.39, 0.29) is 5.60 Å². The van der Waals surface area contributed by atoms with E-state index >= 15 is 0 Å². The lowest BCUT2D eigenvalue weighted by atomic mass is 9.93. The Morgan fingerprint density at radius 3 is 2.31 bits per heavy atom. The fraction of sp³-hybridized carbons (Fsp3) is 0.833. The zero-order chi connectivity index (χ0) is 10.2. The predicted molar refractivity (Wildman–Crippen MR) is 59.0 cm³/mol. The molecule has 0 aromatic heterocycles. The van der Waals surface area contributed by atoms with Crippen molar-refractivity contribution in [2.45, 2.75) is 58.0 Å². The van der Waals surface area contributed by atoms with Gasteiger partial charge in [0.05, 0.1) is 5.60 Å². The molecule has 0 bridgehead atoms. The van der Waals surface area contributed by atoms with E-state index in [1.807, 2.05) is 6.08 Å². The molecule has 1 atom stereocenters. The van der Waals surface area contributed by atoms with Crippen LogP contribution in [-0.4, -0.2) is 12.7 Å². The quantitative estimate of drug-likeness (QED) is 0.410. The van der Waals surface area contributed by atoms with E-state index in [0.717, 1.165) is 12.8 Å². The van der Waals surface area contributed by atoms with Gasteiger partial charge in [-0.25, -0.2) is 0 Å². The minimum atomic E-state index is -0.0618. The summed E-state index contributed by atoms with van der Waals surface area (Å²) >= 11 is 0. The van der Waals surface area contributed by atoms with E-state index in [1.165, 1.54) is 25.7 Å². The van der Waals surface area contributed by atoms with Crippen molar-refractivity contribution >= 4 is 0 Å². The summed E-state index contributed by atoms with van der Waals surface area (Å²) in [5.74, 6) is 0. The molecule has 0 spiro atoms. The zero-order valence-electron chi connectivity index (χ0n) is 9.44. The second-order valence-corrected chi connectivity index (χ2v) is 3.64. The SMILES string of the molecule is C=CC(CC)(CCCCCC)OC. The van der Waals surface area contributed by atoms with Crippen molar-refractivity contribution in [2.24, 2.45) is 0 Å². The molecule has 0 saturated carbocycles. The smallest absolute Gasteiger partial charge is 0.0853 e. The van der Waals surface area contributed by atoms with Crippen LogP contribution in [0.5, 0.6) is 0 Å². The molecule has 0 aliphatic heterocycles. The van der Waals surface area contributed by atoms with Crippen LogP contribution in [0.25, 0.3) is 0 Å². The van der Waals surface area contributed by atoms with Crippen molar-refractivity contribution in [2.75, 3.05) is 7.11 Å². The Hall–Kier alpha value is -0.300. The second-order valence-electron chi connectivity index (χ2n) is 3.64. The summed E-state index contributed by atoms with van der Waals surface area (Å²) in [6, 6.07) is 0.